The van der Waals surface area contributed by atoms with Gasteiger partial charge in [0, 0.05) is 25.7 Å². The van der Waals surface area contributed by atoms with Crippen LogP contribution in [0.15, 0.2) is 12.1 Å². The Morgan fingerprint density at radius 2 is 2.06 bits per heavy atom. The first kappa shape index (κ1) is 14.0. The molecular formula is C13H19ClN2O. The number of nitrogens with two attached hydrogens (primary N) is 1. The molecule has 0 bridgehead atoms. The van der Waals surface area contributed by atoms with Crippen molar-refractivity contribution in [2.75, 3.05) is 14.1 Å². The van der Waals surface area contributed by atoms with Gasteiger partial charge < -0.3 is 10.6 Å². The average Bonchev–Trinajstić information content (AvgIpc) is 2.61. The van der Waals surface area contributed by atoms with Gasteiger partial charge in [-0.05, 0) is 42.5 Å². The summed E-state index contributed by atoms with van der Waals surface area (Å²) in [5.41, 5.74) is 10.4. The second kappa shape index (κ2) is 5.07. The second-order valence-corrected chi connectivity index (χ2v) is 4.65. The normalized spacial score (nSPS) is 17.3. The number of hydrogen-bond donors (Lipinski definition) is 1. The van der Waals surface area contributed by atoms with E-state index in [-0.39, 0.29) is 24.4 Å². The zero-order valence-corrected chi connectivity index (χ0v) is 11.3. The highest BCUT2D eigenvalue weighted by Crippen LogP contribution is 2.33. The van der Waals surface area contributed by atoms with Gasteiger partial charge in [-0.15, -0.1) is 12.4 Å². The third-order valence-corrected chi connectivity index (χ3v) is 3.38. The number of carbonyl (C=O) groups is 1. The number of hydrogen-bond acceptors (Lipinski definition) is 2. The molecule has 1 aliphatic carbocycles. The van der Waals surface area contributed by atoms with Gasteiger partial charge in [0.2, 0.25) is 0 Å². The molecule has 2 N–H and O–H groups in total. The predicted octanol–water partition coefficient (Wildman–Crippen LogP) is 2.06. The molecular weight excluding hydrogens is 236 g/mol. The van der Waals surface area contributed by atoms with Crippen LogP contribution in [-0.4, -0.2) is 24.9 Å². The van der Waals surface area contributed by atoms with Gasteiger partial charge >= 0.3 is 0 Å². The highest BCUT2D eigenvalue weighted by atomic mass is 35.5. The van der Waals surface area contributed by atoms with Crippen molar-refractivity contribution in [1.82, 2.24) is 4.90 Å². The fourth-order valence-corrected chi connectivity index (χ4v) is 2.38. The highest BCUT2D eigenvalue weighted by molar-refractivity contribution is 5.95. The van der Waals surface area contributed by atoms with Crippen molar-refractivity contribution in [3.63, 3.8) is 0 Å². The summed E-state index contributed by atoms with van der Waals surface area (Å²) in [5.74, 6) is 0.0702. The Bertz CT molecular complexity index is 443. The van der Waals surface area contributed by atoms with E-state index in [1.54, 1.807) is 19.0 Å². The van der Waals surface area contributed by atoms with E-state index in [1.165, 1.54) is 11.1 Å². The van der Waals surface area contributed by atoms with E-state index in [4.69, 9.17) is 5.73 Å². The molecule has 3 nitrogen and oxygen atoms in total. The van der Waals surface area contributed by atoms with Gasteiger partial charge in [0.25, 0.3) is 5.91 Å². The summed E-state index contributed by atoms with van der Waals surface area (Å²) in [7, 11) is 3.56. The van der Waals surface area contributed by atoms with E-state index in [2.05, 4.69) is 0 Å². The molecule has 1 aromatic carbocycles. The molecule has 0 unspecified atom stereocenters. The largest absolute Gasteiger partial charge is 0.345 e. The fourth-order valence-electron chi connectivity index (χ4n) is 2.38. The van der Waals surface area contributed by atoms with Gasteiger partial charge in [0.15, 0.2) is 0 Å². The lowest BCUT2D eigenvalue weighted by atomic mass is 9.97. The molecule has 17 heavy (non-hydrogen) atoms. The summed E-state index contributed by atoms with van der Waals surface area (Å²) in [4.78, 5) is 13.6. The number of amides is 1. The van der Waals surface area contributed by atoms with Gasteiger partial charge in [-0.1, -0.05) is 6.07 Å². The molecule has 0 fully saturated rings. The van der Waals surface area contributed by atoms with Gasteiger partial charge in [-0.2, -0.15) is 0 Å². The summed E-state index contributed by atoms with van der Waals surface area (Å²) in [5, 5.41) is 0. The zero-order valence-electron chi connectivity index (χ0n) is 10.5. The van der Waals surface area contributed by atoms with E-state index < -0.39 is 0 Å². The molecule has 0 aliphatic heterocycles. The maximum atomic E-state index is 11.9. The van der Waals surface area contributed by atoms with Crippen molar-refractivity contribution in [2.45, 2.75) is 25.8 Å². The molecule has 0 saturated carbocycles. The van der Waals surface area contributed by atoms with Crippen molar-refractivity contribution in [2.24, 2.45) is 5.73 Å². The van der Waals surface area contributed by atoms with E-state index in [0.29, 0.717) is 0 Å². The van der Waals surface area contributed by atoms with Gasteiger partial charge in [0.1, 0.15) is 0 Å². The lowest BCUT2D eigenvalue weighted by Crippen LogP contribution is -2.23. The minimum absolute atomic E-state index is 0. The molecule has 0 aromatic heterocycles. The lowest BCUT2D eigenvalue weighted by Gasteiger charge is -2.15. The molecule has 1 atom stereocenters. The third kappa shape index (κ3) is 2.31. The average molecular weight is 255 g/mol. The van der Waals surface area contributed by atoms with Crippen LogP contribution in [0.5, 0.6) is 0 Å². The summed E-state index contributed by atoms with van der Waals surface area (Å²) >= 11 is 0. The van der Waals surface area contributed by atoms with Crippen LogP contribution in [0, 0.1) is 6.92 Å². The van der Waals surface area contributed by atoms with E-state index >= 15 is 0 Å². The number of benzene rings is 1. The van der Waals surface area contributed by atoms with Gasteiger partial charge in [-0.25, -0.2) is 0 Å². The van der Waals surface area contributed by atoms with Gasteiger partial charge in [-0.3, -0.25) is 4.79 Å². The van der Waals surface area contributed by atoms with Crippen LogP contribution < -0.4 is 5.73 Å². The van der Waals surface area contributed by atoms with Crippen LogP contribution >= 0.6 is 12.4 Å². The summed E-state index contributed by atoms with van der Waals surface area (Å²) in [6.45, 7) is 2.02. The maximum absolute atomic E-state index is 11.9. The number of nitrogens with zero attached hydrogens (tertiary/aromatic N) is 1. The monoisotopic (exact) mass is 254 g/mol. The number of halogens is 1. The van der Waals surface area contributed by atoms with Crippen molar-refractivity contribution < 1.29 is 4.79 Å². The molecule has 0 saturated heterocycles. The predicted molar refractivity (Wildman–Crippen MR) is 71.7 cm³/mol. The van der Waals surface area contributed by atoms with Crippen molar-refractivity contribution >= 4 is 18.3 Å². The van der Waals surface area contributed by atoms with Crippen LogP contribution in [0.4, 0.5) is 0 Å². The quantitative estimate of drug-likeness (QED) is 0.834. The summed E-state index contributed by atoms with van der Waals surface area (Å²) in [6, 6.07) is 4.07. The first-order valence-corrected chi connectivity index (χ1v) is 5.62. The molecule has 1 amide bonds. The lowest BCUT2D eigenvalue weighted by molar-refractivity contribution is 0.0827. The topological polar surface area (TPSA) is 46.3 Å². The fraction of sp³-hybridized carbons (Fsp3) is 0.462. The first-order chi connectivity index (χ1) is 7.52. The number of rotatable bonds is 1. The Hall–Kier alpha value is -1.06. The summed E-state index contributed by atoms with van der Waals surface area (Å²) < 4.78 is 0. The Morgan fingerprint density at radius 3 is 2.65 bits per heavy atom. The Labute approximate surface area is 108 Å². The summed E-state index contributed by atoms with van der Waals surface area (Å²) in [6.07, 6.45) is 1.99. The molecule has 94 valence electrons. The molecule has 0 spiro atoms. The van der Waals surface area contributed by atoms with Crippen LogP contribution in [0.25, 0.3) is 0 Å². The zero-order chi connectivity index (χ0) is 11.9. The van der Waals surface area contributed by atoms with Crippen molar-refractivity contribution in [1.29, 1.82) is 0 Å². The van der Waals surface area contributed by atoms with Crippen LogP contribution in [0.2, 0.25) is 0 Å². The minimum atomic E-state index is 0. The SMILES string of the molecule is Cc1c(C(=O)N(C)C)ccc2c1CC[C@@H]2N.Cl. The maximum Gasteiger partial charge on any atom is 0.253 e. The molecule has 2 rings (SSSR count). The number of carbonyl (C=O) groups excluding carboxylic acids is 1. The third-order valence-electron chi connectivity index (χ3n) is 3.38. The standard InChI is InChI=1S/C13H18N2O.ClH/c1-8-9-6-7-12(14)11(9)5-4-10(8)13(16)15(2)3;/h4-5,12H,6-7,14H2,1-3H3;1H/t12-;/m0./s1. The van der Waals surface area contributed by atoms with Crippen molar-refractivity contribution in [3.8, 4) is 0 Å². The van der Waals surface area contributed by atoms with E-state index in [9.17, 15) is 4.79 Å². The van der Waals surface area contributed by atoms with Crippen LogP contribution in [0.1, 0.15) is 39.5 Å². The van der Waals surface area contributed by atoms with Gasteiger partial charge in [0.05, 0.1) is 0 Å². The first-order valence-electron chi connectivity index (χ1n) is 5.62. The van der Waals surface area contributed by atoms with Crippen LogP contribution in [0.3, 0.4) is 0 Å². The van der Waals surface area contributed by atoms with E-state index in [0.717, 1.165) is 24.0 Å². The molecule has 1 aliphatic rings. The number of fused-ring (bicyclic) bond motifs is 1. The van der Waals surface area contributed by atoms with Crippen molar-refractivity contribution in [3.05, 3.63) is 34.4 Å². The Balaban J connectivity index is 0.00000144. The minimum Gasteiger partial charge on any atom is -0.345 e. The molecule has 0 heterocycles. The van der Waals surface area contributed by atoms with E-state index in [1.807, 2.05) is 19.1 Å². The van der Waals surface area contributed by atoms with Crippen LogP contribution in [-0.2, 0) is 6.42 Å². The Kier molecular flexibility index (Phi) is 4.17. The molecule has 1 aromatic rings. The molecule has 0 radical (unpaired) electrons. The smallest absolute Gasteiger partial charge is 0.253 e. The molecule has 4 heteroatoms. The highest BCUT2D eigenvalue weighted by Gasteiger charge is 2.23. The second-order valence-electron chi connectivity index (χ2n) is 4.65. The Morgan fingerprint density at radius 1 is 1.41 bits per heavy atom.